The van der Waals surface area contributed by atoms with Crippen molar-refractivity contribution in [2.45, 2.75) is 20.5 Å². The van der Waals surface area contributed by atoms with Gasteiger partial charge in [0, 0.05) is 17.5 Å². The monoisotopic (exact) mass is 430 g/mol. The number of amidine groups is 1. The number of carbonyl (C=O) groups excluding carboxylic acids is 2. The van der Waals surface area contributed by atoms with Gasteiger partial charge in [0.25, 0.3) is 5.91 Å². The molecule has 1 N–H and O–H groups in total. The molecular weight excluding hydrogens is 412 g/mol. The molecule has 0 aromatic heterocycles. The molecule has 2 amide bonds. The second kappa shape index (κ2) is 9.62. The van der Waals surface area contributed by atoms with E-state index in [-0.39, 0.29) is 11.1 Å². The molecule has 0 radical (unpaired) electrons. The van der Waals surface area contributed by atoms with Gasteiger partial charge >= 0.3 is 0 Å². The van der Waals surface area contributed by atoms with Crippen LogP contribution in [0.15, 0.2) is 52.4 Å². The van der Waals surface area contributed by atoms with Crippen molar-refractivity contribution < 1.29 is 19.1 Å². The SMILES string of the molecule is CCOc1cc(/C=C2\SC(NC(C)=O)=NC2=O)ccc1OCc1ccccc1Cl. The first kappa shape index (κ1) is 21.0. The Morgan fingerprint density at radius 1 is 1.21 bits per heavy atom. The quantitative estimate of drug-likeness (QED) is 0.686. The van der Waals surface area contributed by atoms with Crippen LogP contribution in [-0.2, 0) is 16.2 Å². The van der Waals surface area contributed by atoms with Crippen LogP contribution < -0.4 is 14.8 Å². The molecule has 0 spiro atoms. The molecule has 2 aromatic carbocycles. The molecule has 6 nitrogen and oxygen atoms in total. The molecule has 0 unspecified atom stereocenters. The number of thioether (sulfide) groups is 1. The number of nitrogens with zero attached hydrogens (tertiary/aromatic N) is 1. The third-order valence-electron chi connectivity index (χ3n) is 3.81. The highest BCUT2D eigenvalue weighted by atomic mass is 35.5. The van der Waals surface area contributed by atoms with Gasteiger partial charge in [0.2, 0.25) is 5.91 Å². The van der Waals surface area contributed by atoms with E-state index in [4.69, 9.17) is 21.1 Å². The van der Waals surface area contributed by atoms with Crippen molar-refractivity contribution in [2.24, 2.45) is 4.99 Å². The van der Waals surface area contributed by atoms with Crippen molar-refractivity contribution in [3.63, 3.8) is 0 Å². The zero-order valence-corrected chi connectivity index (χ0v) is 17.5. The molecule has 8 heteroatoms. The minimum absolute atomic E-state index is 0.274. The van der Waals surface area contributed by atoms with Crippen molar-refractivity contribution in [1.82, 2.24) is 5.32 Å². The molecule has 150 valence electrons. The van der Waals surface area contributed by atoms with E-state index in [9.17, 15) is 9.59 Å². The number of aliphatic imine (C=N–C) groups is 1. The van der Waals surface area contributed by atoms with Gasteiger partial charge in [-0.15, -0.1) is 0 Å². The van der Waals surface area contributed by atoms with E-state index in [0.717, 1.165) is 22.9 Å². The number of halogens is 1. The number of ether oxygens (including phenoxy) is 2. The average molecular weight is 431 g/mol. The molecule has 0 saturated heterocycles. The van der Waals surface area contributed by atoms with Gasteiger partial charge in [0.05, 0.1) is 11.5 Å². The summed E-state index contributed by atoms with van der Waals surface area (Å²) < 4.78 is 11.6. The maximum Gasteiger partial charge on any atom is 0.286 e. The van der Waals surface area contributed by atoms with Gasteiger partial charge in [0.1, 0.15) is 6.61 Å². The van der Waals surface area contributed by atoms with Crippen LogP contribution in [0.4, 0.5) is 0 Å². The largest absolute Gasteiger partial charge is 0.490 e. The second-order valence-corrected chi connectivity index (χ2v) is 7.47. The van der Waals surface area contributed by atoms with Gasteiger partial charge in [-0.05, 0) is 48.5 Å². The van der Waals surface area contributed by atoms with Crippen LogP contribution in [0.5, 0.6) is 11.5 Å². The maximum atomic E-state index is 12.0. The van der Waals surface area contributed by atoms with Gasteiger partial charge in [-0.25, -0.2) is 0 Å². The summed E-state index contributed by atoms with van der Waals surface area (Å²) in [6.45, 7) is 4.02. The number of amides is 2. The number of hydrogen-bond donors (Lipinski definition) is 1. The summed E-state index contributed by atoms with van der Waals surface area (Å²) in [6.07, 6.45) is 1.70. The summed E-state index contributed by atoms with van der Waals surface area (Å²) in [4.78, 5) is 27.4. The van der Waals surface area contributed by atoms with Crippen LogP contribution in [-0.4, -0.2) is 23.6 Å². The zero-order valence-electron chi connectivity index (χ0n) is 15.9. The number of benzene rings is 2. The lowest BCUT2D eigenvalue weighted by Gasteiger charge is -2.13. The summed E-state index contributed by atoms with van der Waals surface area (Å²) >= 11 is 7.30. The molecule has 0 fully saturated rings. The van der Waals surface area contributed by atoms with Crippen molar-refractivity contribution in [1.29, 1.82) is 0 Å². The molecular formula is C21H19ClN2O4S. The van der Waals surface area contributed by atoms with Gasteiger partial charge in [0.15, 0.2) is 16.7 Å². The summed E-state index contributed by atoms with van der Waals surface area (Å²) in [5.41, 5.74) is 1.63. The van der Waals surface area contributed by atoms with Crippen molar-refractivity contribution in [3.8, 4) is 11.5 Å². The summed E-state index contributed by atoms with van der Waals surface area (Å²) in [5.74, 6) is 0.474. The number of hydrogen-bond acceptors (Lipinski definition) is 5. The summed E-state index contributed by atoms with van der Waals surface area (Å²) in [5, 5.41) is 3.44. The van der Waals surface area contributed by atoms with Crippen LogP contribution in [0, 0.1) is 0 Å². The highest BCUT2D eigenvalue weighted by Crippen LogP contribution is 2.33. The molecule has 1 heterocycles. The highest BCUT2D eigenvalue weighted by molar-refractivity contribution is 8.18. The van der Waals surface area contributed by atoms with Gasteiger partial charge in [-0.1, -0.05) is 35.9 Å². The van der Waals surface area contributed by atoms with E-state index in [2.05, 4.69) is 10.3 Å². The molecule has 0 saturated carbocycles. The lowest BCUT2D eigenvalue weighted by atomic mass is 10.2. The van der Waals surface area contributed by atoms with Crippen LogP contribution in [0.2, 0.25) is 5.02 Å². The Morgan fingerprint density at radius 2 is 2.00 bits per heavy atom. The number of nitrogens with one attached hydrogen (secondary N) is 1. The predicted molar refractivity (Wildman–Crippen MR) is 115 cm³/mol. The minimum Gasteiger partial charge on any atom is -0.490 e. The first-order chi connectivity index (χ1) is 14.0. The van der Waals surface area contributed by atoms with Crippen molar-refractivity contribution in [2.75, 3.05) is 6.61 Å². The van der Waals surface area contributed by atoms with Gasteiger partial charge in [-0.2, -0.15) is 4.99 Å². The van der Waals surface area contributed by atoms with Gasteiger partial charge in [-0.3, -0.25) is 9.59 Å². The summed E-state index contributed by atoms with van der Waals surface area (Å²) in [6, 6.07) is 12.9. The topological polar surface area (TPSA) is 77.0 Å². The third kappa shape index (κ3) is 5.62. The van der Waals surface area contributed by atoms with E-state index in [1.165, 1.54) is 6.92 Å². The fourth-order valence-corrected chi connectivity index (χ4v) is 3.59. The lowest BCUT2D eigenvalue weighted by Crippen LogP contribution is -2.23. The predicted octanol–water partition coefficient (Wildman–Crippen LogP) is 4.42. The number of rotatable bonds is 6. The van der Waals surface area contributed by atoms with E-state index < -0.39 is 5.91 Å². The second-order valence-electron chi connectivity index (χ2n) is 6.03. The van der Waals surface area contributed by atoms with Crippen LogP contribution in [0.3, 0.4) is 0 Å². The summed E-state index contributed by atoms with van der Waals surface area (Å²) in [7, 11) is 0. The fraction of sp³-hybridized carbons (Fsp3) is 0.190. The van der Waals surface area contributed by atoms with Crippen LogP contribution >= 0.6 is 23.4 Å². The Balaban J connectivity index is 1.77. The zero-order chi connectivity index (χ0) is 20.8. The molecule has 1 aliphatic heterocycles. The Bertz CT molecular complexity index is 1000. The Hall–Kier alpha value is -2.77. The standard InChI is InChI=1S/C21H19ClN2O4S/c1-3-27-18-10-14(11-19-20(26)24-21(29-19)23-13(2)25)8-9-17(18)28-12-15-6-4-5-7-16(15)22/h4-11H,3,12H2,1-2H3,(H,23,24,25,26)/b19-11-. The average Bonchev–Trinajstić information content (AvgIpc) is 3.00. The van der Waals surface area contributed by atoms with E-state index >= 15 is 0 Å². The molecule has 0 aliphatic carbocycles. The highest BCUT2D eigenvalue weighted by Gasteiger charge is 2.22. The Labute approximate surface area is 177 Å². The van der Waals surface area contributed by atoms with Crippen molar-refractivity contribution >= 4 is 46.4 Å². The minimum atomic E-state index is -0.393. The Morgan fingerprint density at radius 3 is 2.72 bits per heavy atom. The number of carbonyl (C=O) groups is 2. The molecule has 29 heavy (non-hydrogen) atoms. The molecule has 1 aliphatic rings. The van der Waals surface area contributed by atoms with E-state index in [1.807, 2.05) is 37.3 Å². The molecule has 0 atom stereocenters. The van der Waals surface area contributed by atoms with Gasteiger partial charge < -0.3 is 14.8 Å². The first-order valence-corrected chi connectivity index (χ1v) is 10.1. The smallest absolute Gasteiger partial charge is 0.286 e. The normalized spacial score (nSPS) is 14.7. The Kier molecular flexibility index (Phi) is 6.95. The molecule has 3 rings (SSSR count). The third-order valence-corrected chi connectivity index (χ3v) is 5.08. The van der Waals surface area contributed by atoms with E-state index in [1.54, 1.807) is 18.2 Å². The van der Waals surface area contributed by atoms with Crippen molar-refractivity contribution in [3.05, 3.63) is 63.5 Å². The maximum absolute atomic E-state index is 12.0. The molecule has 0 bridgehead atoms. The first-order valence-electron chi connectivity index (χ1n) is 8.89. The fourth-order valence-electron chi connectivity index (χ4n) is 2.54. The van der Waals surface area contributed by atoms with E-state index in [0.29, 0.717) is 34.6 Å². The van der Waals surface area contributed by atoms with Crippen LogP contribution in [0.1, 0.15) is 25.0 Å². The van der Waals surface area contributed by atoms with Crippen LogP contribution in [0.25, 0.3) is 6.08 Å². The molecule has 2 aromatic rings. The lowest BCUT2D eigenvalue weighted by molar-refractivity contribution is -0.117.